The van der Waals surface area contributed by atoms with Gasteiger partial charge < -0.3 is 4.74 Å². The molecule has 2 aromatic rings. The first kappa shape index (κ1) is 12.9. The van der Waals surface area contributed by atoms with E-state index in [4.69, 9.17) is 4.74 Å². The average Bonchev–Trinajstić information content (AvgIpc) is 2.39. The first-order chi connectivity index (χ1) is 8.68. The number of rotatable bonds is 5. The van der Waals surface area contributed by atoms with Crippen LogP contribution in [0.1, 0.15) is 40.0 Å². The predicted molar refractivity (Wildman–Crippen MR) is 78.2 cm³/mol. The lowest BCUT2D eigenvalue weighted by atomic mass is 9.97. The van der Waals surface area contributed by atoms with Crippen LogP contribution in [0.25, 0.3) is 10.8 Å². The van der Waals surface area contributed by atoms with Gasteiger partial charge in [0.2, 0.25) is 0 Å². The van der Waals surface area contributed by atoms with Crippen LogP contribution in [0, 0.1) is 0 Å². The minimum atomic E-state index is -0.0567. The summed E-state index contributed by atoms with van der Waals surface area (Å²) in [7, 11) is 0. The Bertz CT molecular complexity index is 513. The van der Waals surface area contributed by atoms with E-state index in [0.29, 0.717) is 0 Å². The highest BCUT2D eigenvalue weighted by molar-refractivity contribution is 5.88. The summed E-state index contributed by atoms with van der Waals surface area (Å²) in [6.07, 6.45) is 3.27. The van der Waals surface area contributed by atoms with Gasteiger partial charge in [-0.15, -0.1) is 0 Å². The fourth-order valence-electron chi connectivity index (χ4n) is 2.38. The van der Waals surface area contributed by atoms with Crippen molar-refractivity contribution in [2.75, 3.05) is 0 Å². The molecule has 0 spiro atoms. The van der Waals surface area contributed by atoms with Crippen molar-refractivity contribution >= 4 is 10.8 Å². The molecule has 1 heteroatoms. The molecule has 96 valence electrons. The fourth-order valence-corrected chi connectivity index (χ4v) is 2.38. The highest BCUT2D eigenvalue weighted by Crippen LogP contribution is 2.31. The van der Waals surface area contributed by atoms with Crippen LogP contribution < -0.4 is 4.74 Å². The molecule has 2 rings (SSSR count). The van der Waals surface area contributed by atoms with E-state index in [0.717, 1.165) is 25.0 Å². The van der Waals surface area contributed by atoms with Crippen LogP contribution in [0.5, 0.6) is 5.75 Å². The van der Waals surface area contributed by atoms with E-state index in [9.17, 15) is 0 Å². The third-order valence-corrected chi connectivity index (χ3v) is 3.63. The Morgan fingerprint density at radius 1 is 1.00 bits per heavy atom. The Morgan fingerprint density at radius 3 is 2.44 bits per heavy atom. The van der Waals surface area contributed by atoms with Crippen LogP contribution in [-0.4, -0.2) is 5.60 Å². The number of benzene rings is 2. The van der Waals surface area contributed by atoms with Crippen LogP contribution in [0.2, 0.25) is 0 Å². The van der Waals surface area contributed by atoms with E-state index < -0.39 is 0 Å². The van der Waals surface area contributed by atoms with Gasteiger partial charge in [0.05, 0.1) is 0 Å². The number of fused-ring (bicyclic) bond motifs is 1. The smallest absolute Gasteiger partial charge is 0.127 e. The maximum atomic E-state index is 6.30. The van der Waals surface area contributed by atoms with Gasteiger partial charge in [0.1, 0.15) is 11.4 Å². The number of ether oxygens (including phenoxy) is 1. The summed E-state index contributed by atoms with van der Waals surface area (Å²) in [5.41, 5.74) is -0.0567. The molecule has 0 radical (unpaired) electrons. The Kier molecular flexibility index (Phi) is 3.90. The van der Waals surface area contributed by atoms with Gasteiger partial charge in [-0.3, -0.25) is 0 Å². The second kappa shape index (κ2) is 5.43. The number of hydrogen-bond acceptors (Lipinski definition) is 1. The van der Waals surface area contributed by atoms with Gasteiger partial charge in [-0.25, -0.2) is 0 Å². The van der Waals surface area contributed by atoms with Crippen molar-refractivity contribution in [1.29, 1.82) is 0 Å². The molecule has 1 atom stereocenters. The van der Waals surface area contributed by atoms with Crippen molar-refractivity contribution in [3.05, 3.63) is 42.5 Å². The molecule has 18 heavy (non-hydrogen) atoms. The van der Waals surface area contributed by atoms with E-state index in [2.05, 4.69) is 63.2 Å². The molecule has 0 heterocycles. The lowest BCUT2D eigenvalue weighted by Crippen LogP contribution is -2.31. The Balaban J connectivity index is 2.36. The van der Waals surface area contributed by atoms with E-state index in [1.807, 2.05) is 0 Å². The molecule has 0 N–H and O–H groups in total. The first-order valence-corrected chi connectivity index (χ1v) is 6.85. The summed E-state index contributed by atoms with van der Waals surface area (Å²) in [6, 6.07) is 14.7. The van der Waals surface area contributed by atoms with Crippen LogP contribution in [0.15, 0.2) is 42.5 Å². The van der Waals surface area contributed by atoms with Gasteiger partial charge in [-0.2, -0.15) is 0 Å². The molecule has 1 nitrogen and oxygen atoms in total. The SMILES string of the molecule is CCCC(C)(CC)Oc1cccc2ccccc12. The Hall–Kier alpha value is -1.50. The van der Waals surface area contributed by atoms with Gasteiger partial charge in [-0.05, 0) is 31.2 Å². The van der Waals surface area contributed by atoms with E-state index in [1.165, 1.54) is 10.8 Å². The average molecular weight is 242 g/mol. The molecule has 0 aliphatic heterocycles. The van der Waals surface area contributed by atoms with Gasteiger partial charge >= 0.3 is 0 Å². The number of hydrogen-bond donors (Lipinski definition) is 0. The third-order valence-electron chi connectivity index (χ3n) is 3.63. The lowest BCUT2D eigenvalue weighted by molar-refractivity contribution is 0.0759. The Morgan fingerprint density at radius 2 is 1.72 bits per heavy atom. The van der Waals surface area contributed by atoms with E-state index >= 15 is 0 Å². The molecule has 1 unspecified atom stereocenters. The molecule has 0 aliphatic carbocycles. The highest BCUT2D eigenvalue weighted by atomic mass is 16.5. The predicted octanol–water partition coefficient (Wildman–Crippen LogP) is 5.19. The molecule has 0 amide bonds. The molecule has 0 saturated heterocycles. The van der Waals surface area contributed by atoms with Gasteiger partial charge in [-0.1, -0.05) is 56.7 Å². The molecule has 0 aliphatic rings. The maximum absolute atomic E-state index is 6.30. The fraction of sp³-hybridized carbons (Fsp3) is 0.412. The molecular formula is C17H22O. The van der Waals surface area contributed by atoms with Crippen molar-refractivity contribution in [3.8, 4) is 5.75 Å². The zero-order chi connectivity index (χ0) is 13.0. The zero-order valence-corrected chi connectivity index (χ0v) is 11.6. The topological polar surface area (TPSA) is 9.23 Å². The molecular weight excluding hydrogens is 220 g/mol. The largest absolute Gasteiger partial charge is 0.487 e. The summed E-state index contributed by atoms with van der Waals surface area (Å²) >= 11 is 0. The minimum absolute atomic E-state index is 0.0567. The zero-order valence-electron chi connectivity index (χ0n) is 11.6. The highest BCUT2D eigenvalue weighted by Gasteiger charge is 2.23. The normalized spacial score (nSPS) is 14.4. The first-order valence-electron chi connectivity index (χ1n) is 6.85. The maximum Gasteiger partial charge on any atom is 0.127 e. The van der Waals surface area contributed by atoms with Crippen molar-refractivity contribution in [2.45, 2.75) is 45.6 Å². The standard InChI is InChI=1S/C17H22O/c1-4-13-17(3,5-2)18-16-12-8-10-14-9-6-7-11-15(14)16/h6-12H,4-5,13H2,1-3H3. The van der Waals surface area contributed by atoms with Crippen LogP contribution in [-0.2, 0) is 0 Å². The summed E-state index contributed by atoms with van der Waals surface area (Å²) in [5, 5.41) is 2.45. The monoisotopic (exact) mass is 242 g/mol. The molecule has 0 saturated carbocycles. The second-order valence-corrected chi connectivity index (χ2v) is 5.13. The van der Waals surface area contributed by atoms with Crippen LogP contribution >= 0.6 is 0 Å². The van der Waals surface area contributed by atoms with Gasteiger partial charge in [0.25, 0.3) is 0 Å². The van der Waals surface area contributed by atoms with Crippen molar-refractivity contribution in [1.82, 2.24) is 0 Å². The minimum Gasteiger partial charge on any atom is -0.487 e. The van der Waals surface area contributed by atoms with Crippen LogP contribution in [0.4, 0.5) is 0 Å². The summed E-state index contributed by atoms with van der Waals surface area (Å²) < 4.78 is 6.30. The van der Waals surface area contributed by atoms with Gasteiger partial charge in [0.15, 0.2) is 0 Å². The third kappa shape index (κ3) is 2.66. The van der Waals surface area contributed by atoms with E-state index in [1.54, 1.807) is 0 Å². The molecule has 0 fully saturated rings. The van der Waals surface area contributed by atoms with Crippen molar-refractivity contribution in [2.24, 2.45) is 0 Å². The Labute approximate surface area is 110 Å². The van der Waals surface area contributed by atoms with Crippen molar-refractivity contribution < 1.29 is 4.74 Å². The lowest BCUT2D eigenvalue weighted by Gasteiger charge is -2.30. The summed E-state index contributed by atoms with van der Waals surface area (Å²) in [5.74, 6) is 1.01. The van der Waals surface area contributed by atoms with Gasteiger partial charge in [0, 0.05) is 5.39 Å². The summed E-state index contributed by atoms with van der Waals surface area (Å²) in [6.45, 7) is 6.61. The second-order valence-electron chi connectivity index (χ2n) is 5.13. The van der Waals surface area contributed by atoms with Crippen LogP contribution in [0.3, 0.4) is 0 Å². The quantitative estimate of drug-likeness (QED) is 0.701. The van der Waals surface area contributed by atoms with E-state index in [-0.39, 0.29) is 5.60 Å². The summed E-state index contributed by atoms with van der Waals surface area (Å²) in [4.78, 5) is 0. The molecule has 0 bridgehead atoms. The van der Waals surface area contributed by atoms with Crippen molar-refractivity contribution in [3.63, 3.8) is 0 Å². The molecule has 2 aromatic carbocycles. The molecule has 0 aromatic heterocycles.